The van der Waals surface area contributed by atoms with Crippen molar-refractivity contribution in [1.82, 2.24) is 0 Å². The lowest BCUT2D eigenvalue weighted by molar-refractivity contribution is 0.314. The standard InChI is InChI=1S/C10H13BrO/c1-7-4-5-10(6-8(7)2)12-9(3)11/h4-6,9H,1-3H3. The first-order valence-corrected chi connectivity index (χ1v) is 4.89. The quantitative estimate of drug-likeness (QED) is 0.706. The summed E-state index contributed by atoms with van der Waals surface area (Å²) in [6, 6.07) is 6.10. The Morgan fingerprint density at radius 2 is 1.92 bits per heavy atom. The molecular formula is C10H13BrO. The minimum atomic E-state index is 0.0691. The zero-order valence-electron chi connectivity index (χ0n) is 7.60. The van der Waals surface area contributed by atoms with E-state index in [4.69, 9.17) is 4.74 Å². The zero-order chi connectivity index (χ0) is 9.14. The Morgan fingerprint density at radius 1 is 1.25 bits per heavy atom. The van der Waals surface area contributed by atoms with Gasteiger partial charge in [0.05, 0.1) is 0 Å². The summed E-state index contributed by atoms with van der Waals surface area (Å²) in [5, 5.41) is 0.0691. The van der Waals surface area contributed by atoms with Gasteiger partial charge in [0.2, 0.25) is 0 Å². The molecule has 12 heavy (non-hydrogen) atoms. The van der Waals surface area contributed by atoms with Gasteiger partial charge < -0.3 is 4.74 Å². The van der Waals surface area contributed by atoms with Gasteiger partial charge in [0.25, 0.3) is 0 Å². The summed E-state index contributed by atoms with van der Waals surface area (Å²) in [5.74, 6) is 0.919. The molecule has 0 bridgehead atoms. The first-order chi connectivity index (χ1) is 5.59. The van der Waals surface area contributed by atoms with Crippen LogP contribution in [-0.4, -0.2) is 5.01 Å². The van der Waals surface area contributed by atoms with Crippen molar-refractivity contribution in [2.45, 2.75) is 25.8 Å². The first-order valence-electron chi connectivity index (χ1n) is 3.97. The van der Waals surface area contributed by atoms with Gasteiger partial charge in [0.15, 0.2) is 5.01 Å². The summed E-state index contributed by atoms with van der Waals surface area (Å²) >= 11 is 3.33. The molecule has 0 aliphatic heterocycles. The van der Waals surface area contributed by atoms with Crippen LogP contribution in [0.2, 0.25) is 0 Å². The maximum Gasteiger partial charge on any atom is 0.150 e. The Balaban J connectivity index is 2.82. The fourth-order valence-electron chi connectivity index (χ4n) is 0.975. The van der Waals surface area contributed by atoms with Gasteiger partial charge in [0.1, 0.15) is 5.75 Å². The molecule has 0 heterocycles. The van der Waals surface area contributed by atoms with Gasteiger partial charge in [-0.3, -0.25) is 0 Å². The van der Waals surface area contributed by atoms with E-state index < -0.39 is 0 Å². The third-order valence-electron chi connectivity index (χ3n) is 1.78. The van der Waals surface area contributed by atoms with Gasteiger partial charge in [-0.05, 0) is 60.0 Å². The predicted molar refractivity (Wildman–Crippen MR) is 54.9 cm³/mol. The maximum absolute atomic E-state index is 5.47. The highest BCUT2D eigenvalue weighted by Gasteiger charge is 1.99. The van der Waals surface area contributed by atoms with Crippen molar-refractivity contribution in [3.05, 3.63) is 29.3 Å². The van der Waals surface area contributed by atoms with Crippen molar-refractivity contribution < 1.29 is 4.74 Å². The van der Waals surface area contributed by atoms with Crippen molar-refractivity contribution in [3.8, 4) is 5.75 Å². The molecule has 0 fully saturated rings. The second-order valence-corrected chi connectivity index (χ2v) is 4.20. The van der Waals surface area contributed by atoms with Gasteiger partial charge >= 0.3 is 0 Å². The second kappa shape index (κ2) is 3.94. The number of ether oxygens (including phenoxy) is 1. The molecule has 1 nitrogen and oxygen atoms in total. The van der Waals surface area contributed by atoms with Crippen LogP contribution in [0.15, 0.2) is 18.2 Å². The summed E-state index contributed by atoms with van der Waals surface area (Å²) in [4.78, 5) is 0. The molecule has 1 unspecified atom stereocenters. The number of alkyl halides is 1. The fraction of sp³-hybridized carbons (Fsp3) is 0.400. The molecule has 1 aromatic carbocycles. The van der Waals surface area contributed by atoms with Crippen LogP contribution in [-0.2, 0) is 0 Å². The fourth-order valence-corrected chi connectivity index (χ4v) is 1.19. The normalized spacial score (nSPS) is 12.7. The van der Waals surface area contributed by atoms with Crippen molar-refractivity contribution in [2.75, 3.05) is 0 Å². The van der Waals surface area contributed by atoms with E-state index in [0.717, 1.165) is 5.75 Å². The molecule has 1 rings (SSSR count). The number of benzene rings is 1. The molecule has 1 aromatic rings. The molecule has 0 amide bonds. The lowest BCUT2D eigenvalue weighted by atomic mass is 10.1. The Kier molecular flexibility index (Phi) is 3.15. The van der Waals surface area contributed by atoms with Gasteiger partial charge in [0, 0.05) is 0 Å². The summed E-state index contributed by atoms with van der Waals surface area (Å²) in [7, 11) is 0. The van der Waals surface area contributed by atoms with Crippen LogP contribution in [0.25, 0.3) is 0 Å². The maximum atomic E-state index is 5.47. The average Bonchev–Trinajstić information content (AvgIpc) is 1.96. The van der Waals surface area contributed by atoms with E-state index in [2.05, 4.69) is 35.8 Å². The summed E-state index contributed by atoms with van der Waals surface area (Å²) in [6.07, 6.45) is 0. The van der Waals surface area contributed by atoms with Gasteiger partial charge in [-0.15, -0.1) is 0 Å². The molecule has 0 aliphatic carbocycles. The molecule has 0 radical (unpaired) electrons. The van der Waals surface area contributed by atoms with Crippen LogP contribution in [0.5, 0.6) is 5.75 Å². The molecule has 0 aliphatic rings. The van der Waals surface area contributed by atoms with E-state index in [9.17, 15) is 0 Å². The van der Waals surface area contributed by atoms with Crippen molar-refractivity contribution >= 4 is 15.9 Å². The highest BCUT2D eigenvalue weighted by atomic mass is 79.9. The summed E-state index contributed by atoms with van der Waals surface area (Å²) < 4.78 is 5.47. The Morgan fingerprint density at radius 3 is 2.42 bits per heavy atom. The number of halogens is 1. The minimum absolute atomic E-state index is 0.0691. The Hall–Kier alpha value is -0.500. The van der Waals surface area contributed by atoms with Gasteiger partial charge in [-0.25, -0.2) is 0 Å². The summed E-state index contributed by atoms with van der Waals surface area (Å²) in [5.41, 5.74) is 2.56. The summed E-state index contributed by atoms with van der Waals surface area (Å²) in [6.45, 7) is 6.13. The molecule has 0 spiro atoms. The third-order valence-corrected chi connectivity index (χ3v) is 1.96. The molecular weight excluding hydrogens is 216 g/mol. The van der Waals surface area contributed by atoms with Crippen molar-refractivity contribution in [3.63, 3.8) is 0 Å². The molecule has 66 valence electrons. The van der Waals surface area contributed by atoms with Crippen LogP contribution in [0.1, 0.15) is 18.1 Å². The van der Waals surface area contributed by atoms with Crippen molar-refractivity contribution in [2.24, 2.45) is 0 Å². The van der Waals surface area contributed by atoms with E-state index in [-0.39, 0.29) is 5.01 Å². The van der Waals surface area contributed by atoms with Gasteiger partial charge in [-0.1, -0.05) is 6.07 Å². The Bertz CT molecular complexity index is 269. The minimum Gasteiger partial charge on any atom is -0.480 e. The highest BCUT2D eigenvalue weighted by Crippen LogP contribution is 2.18. The van der Waals surface area contributed by atoms with Gasteiger partial charge in [-0.2, -0.15) is 0 Å². The van der Waals surface area contributed by atoms with E-state index in [0.29, 0.717) is 0 Å². The number of aryl methyl sites for hydroxylation is 2. The van der Waals surface area contributed by atoms with Crippen molar-refractivity contribution in [1.29, 1.82) is 0 Å². The van der Waals surface area contributed by atoms with Crippen LogP contribution < -0.4 is 4.74 Å². The predicted octanol–water partition coefficient (Wildman–Crippen LogP) is 3.42. The Labute approximate surface area is 81.9 Å². The van der Waals surface area contributed by atoms with E-state index in [1.165, 1.54) is 11.1 Å². The molecule has 2 heteroatoms. The number of hydrogen-bond donors (Lipinski definition) is 0. The molecule has 0 N–H and O–H groups in total. The first kappa shape index (κ1) is 9.59. The van der Waals surface area contributed by atoms with Crippen LogP contribution in [0.3, 0.4) is 0 Å². The highest BCUT2D eigenvalue weighted by molar-refractivity contribution is 9.09. The number of rotatable bonds is 2. The zero-order valence-corrected chi connectivity index (χ0v) is 9.18. The van der Waals surface area contributed by atoms with E-state index in [1.54, 1.807) is 0 Å². The smallest absolute Gasteiger partial charge is 0.150 e. The van der Waals surface area contributed by atoms with E-state index >= 15 is 0 Å². The lowest BCUT2D eigenvalue weighted by Gasteiger charge is -2.09. The van der Waals surface area contributed by atoms with Crippen LogP contribution in [0.4, 0.5) is 0 Å². The average molecular weight is 229 g/mol. The third kappa shape index (κ3) is 2.52. The SMILES string of the molecule is Cc1ccc(OC(C)Br)cc1C. The molecule has 0 saturated heterocycles. The monoisotopic (exact) mass is 228 g/mol. The van der Waals surface area contributed by atoms with Crippen LogP contribution in [0, 0.1) is 13.8 Å². The molecule has 1 atom stereocenters. The molecule has 0 saturated carbocycles. The lowest BCUT2D eigenvalue weighted by Crippen LogP contribution is -2.01. The van der Waals surface area contributed by atoms with Crippen LogP contribution >= 0.6 is 15.9 Å². The largest absolute Gasteiger partial charge is 0.480 e. The molecule has 0 aromatic heterocycles. The van der Waals surface area contributed by atoms with E-state index in [1.807, 2.05) is 19.1 Å². The topological polar surface area (TPSA) is 9.23 Å². The second-order valence-electron chi connectivity index (χ2n) is 2.91. The number of hydrogen-bond acceptors (Lipinski definition) is 1.